The average Bonchev–Trinajstić information content (AvgIpc) is 2.29. The number of hydrogen-bond acceptors (Lipinski definition) is 3. The van der Waals surface area contributed by atoms with Crippen LogP contribution in [0.25, 0.3) is 0 Å². The van der Waals surface area contributed by atoms with Gasteiger partial charge in [0.25, 0.3) is 0 Å². The fraction of sp³-hybridized carbons (Fsp3) is 1.00. The van der Waals surface area contributed by atoms with Crippen molar-refractivity contribution in [2.75, 3.05) is 12.4 Å². The van der Waals surface area contributed by atoms with E-state index >= 15 is 0 Å². The number of hydrogen-bond donors (Lipinski definition) is 2. The minimum absolute atomic E-state index is 0.117. The molecule has 0 bridgehead atoms. The highest BCUT2D eigenvalue weighted by atomic mass is 32.2. The Morgan fingerprint density at radius 3 is 2.41 bits per heavy atom. The van der Waals surface area contributed by atoms with E-state index in [1.807, 2.05) is 6.92 Å². The second-order valence-corrected chi connectivity index (χ2v) is 6.89. The largest absolute Gasteiger partial charge is 0.396 e. The maximum atomic E-state index is 11.7. The van der Waals surface area contributed by atoms with Crippen molar-refractivity contribution in [3.63, 3.8) is 0 Å². The predicted molar refractivity (Wildman–Crippen MR) is 69.3 cm³/mol. The molecule has 0 atom stereocenters. The fourth-order valence-corrected chi connectivity index (χ4v) is 3.93. The number of nitrogens with one attached hydrogen (secondary N) is 1. The Kier molecular flexibility index (Phi) is 6.44. The molecule has 4 nitrogen and oxygen atoms in total. The highest BCUT2D eigenvalue weighted by Crippen LogP contribution is 2.26. The lowest BCUT2D eigenvalue weighted by Crippen LogP contribution is -2.38. The maximum absolute atomic E-state index is 11.7. The summed E-state index contributed by atoms with van der Waals surface area (Å²) in [4.78, 5) is 0. The molecule has 1 rings (SSSR count). The van der Waals surface area contributed by atoms with E-state index in [9.17, 15) is 8.42 Å². The first-order chi connectivity index (χ1) is 8.07. The van der Waals surface area contributed by atoms with Crippen LogP contribution in [0.5, 0.6) is 0 Å². The molecule has 102 valence electrons. The van der Waals surface area contributed by atoms with Crippen LogP contribution < -0.4 is 4.72 Å². The molecule has 0 unspecified atom stereocenters. The molecule has 0 radical (unpaired) electrons. The van der Waals surface area contributed by atoms with Crippen molar-refractivity contribution >= 4 is 10.0 Å². The van der Waals surface area contributed by atoms with E-state index in [4.69, 9.17) is 5.11 Å². The van der Waals surface area contributed by atoms with E-state index in [0.717, 1.165) is 44.9 Å². The van der Waals surface area contributed by atoms with Crippen molar-refractivity contribution in [2.24, 2.45) is 5.92 Å². The van der Waals surface area contributed by atoms with Gasteiger partial charge in [-0.1, -0.05) is 13.3 Å². The summed E-state index contributed by atoms with van der Waals surface area (Å²) in [6.45, 7) is 2.24. The Balaban J connectivity index is 2.30. The van der Waals surface area contributed by atoms with Crippen LogP contribution >= 0.6 is 0 Å². The second-order valence-electron chi connectivity index (χ2n) is 5.02. The van der Waals surface area contributed by atoms with Gasteiger partial charge in [0, 0.05) is 12.6 Å². The average molecular weight is 263 g/mol. The maximum Gasteiger partial charge on any atom is 0.211 e. The van der Waals surface area contributed by atoms with Gasteiger partial charge in [0.05, 0.1) is 5.75 Å². The smallest absolute Gasteiger partial charge is 0.211 e. The molecule has 0 aliphatic heterocycles. The summed E-state index contributed by atoms with van der Waals surface area (Å²) in [5.74, 6) is 0.830. The third-order valence-electron chi connectivity index (χ3n) is 3.50. The van der Waals surface area contributed by atoms with Gasteiger partial charge in [0.15, 0.2) is 0 Å². The van der Waals surface area contributed by atoms with E-state index in [1.54, 1.807) is 0 Å². The Morgan fingerprint density at radius 1 is 1.24 bits per heavy atom. The van der Waals surface area contributed by atoms with Gasteiger partial charge in [-0.2, -0.15) is 0 Å². The lowest BCUT2D eigenvalue weighted by atomic mass is 9.85. The Morgan fingerprint density at radius 2 is 1.88 bits per heavy atom. The quantitative estimate of drug-likeness (QED) is 0.734. The van der Waals surface area contributed by atoms with E-state index in [-0.39, 0.29) is 18.4 Å². The number of sulfonamides is 1. The van der Waals surface area contributed by atoms with Gasteiger partial charge in [-0.3, -0.25) is 0 Å². The van der Waals surface area contributed by atoms with Crippen molar-refractivity contribution in [3.05, 3.63) is 0 Å². The van der Waals surface area contributed by atoms with Gasteiger partial charge < -0.3 is 5.11 Å². The summed E-state index contributed by atoms with van der Waals surface area (Å²) < 4.78 is 26.2. The predicted octanol–water partition coefficient (Wildman–Crippen LogP) is 1.65. The Bertz CT molecular complexity index is 295. The molecule has 0 aromatic rings. The van der Waals surface area contributed by atoms with E-state index in [1.165, 1.54) is 0 Å². The molecule has 0 saturated heterocycles. The molecule has 5 heteroatoms. The highest BCUT2D eigenvalue weighted by molar-refractivity contribution is 7.89. The van der Waals surface area contributed by atoms with E-state index in [0.29, 0.717) is 5.92 Å². The first-order valence-corrected chi connectivity index (χ1v) is 8.33. The monoisotopic (exact) mass is 263 g/mol. The van der Waals surface area contributed by atoms with Gasteiger partial charge in [-0.25, -0.2) is 13.1 Å². The molecular formula is C12H25NO3S. The number of aliphatic hydroxyl groups excluding tert-OH is 1. The molecule has 1 aliphatic carbocycles. The summed E-state index contributed by atoms with van der Waals surface area (Å²) >= 11 is 0. The molecule has 17 heavy (non-hydrogen) atoms. The molecular weight excluding hydrogens is 238 g/mol. The van der Waals surface area contributed by atoms with Crippen molar-refractivity contribution in [3.8, 4) is 0 Å². The van der Waals surface area contributed by atoms with Gasteiger partial charge >= 0.3 is 0 Å². The SMILES string of the molecule is CCCCS(=O)(=O)NC1CCC(CCO)CC1. The summed E-state index contributed by atoms with van der Waals surface area (Å²) in [7, 11) is -3.07. The zero-order valence-corrected chi connectivity index (χ0v) is 11.5. The number of unbranched alkanes of at least 4 members (excludes halogenated alkanes) is 1. The third kappa shape index (κ3) is 5.84. The van der Waals surface area contributed by atoms with Crippen LogP contribution in [0.15, 0.2) is 0 Å². The minimum Gasteiger partial charge on any atom is -0.396 e. The first-order valence-electron chi connectivity index (χ1n) is 6.68. The summed E-state index contributed by atoms with van der Waals surface area (Å²) in [6.07, 6.45) is 6.38. The van der Waals surface area contributed by atoms with Gasteiger partial charge in [-0.15, -0.1) is 0 Å². The third-order valence-corrected chi connectivity index (χ3v) is 5.02. The van der Waals surface area contributed by atoms with Crippen molar-refractivity contribution < 1.29 is 13.5 Å². The lowest BCUT2D eigenvalue weighted by Gasteiger charge is -2.28. The number of rotatable bonds is 7. The van der Waals surface area contributed by atoms with Gasteiger partial charge in [-0.05, 0) is 44.4 Å². The molecule has 1 saturated carbocycles. The van der Waals surface area contributed by atoms with Gasteiger partial charge in [0.1, 0.15) is 0 Å². The van der Waals surface area contributed by atoms with Crippen LogP contribution in [0, 0.1) is 5.92 Å². The molecule has 2 N–H and O–H groups in total. The highest BCUT2D eigenvalue weighted by Gasteiger charge is 2.24. The topological polar surface area (TPSA) is 66.4 Å². The van der Waals surface area contributed by atoms with Crippen LogP contribution in [-0.2, 0) is 10.0 Å². The molecule has 0 spiro atoms. The fourth-order valence-electron chi connectivity index (χ4n) is 2.40. The molecule has 0 aromatic heterocycles. The lowest BCUT2D eigenvalue weighted by molar-refractivity contribution is 0.219. The summed E-state index contributed by atoms with van der Waals surface area (Å²) in [6, 6.07) is 0.117. The van der Waals surface area contributed by atoms with Crippen molar-refractivity contribution in [1.82, 2.24) is 4.72 Å². The molecule has 0 amide bonds. The molecule has 1 fully saturated rings. The Labute approximate surface area is 105 Å². The zero-order valence-electron chi connectivity index (χ0n) is 10.7. The number of aliphatic hydroxyl groups is 1. The molecule has 1 aliphatic rings. The Hall–Kier alpha value is -0.130. The standard InChI is InChI=1S/C12H25NO3S/c1-2-3-10-17(15,16)13-12-6-4-11(5-7-12)8-9-14/h11-14H,2-10H2,1H3. The molecule has 0 aromatic carbocycles. The molecule has 0 heterocycles. The normalized spacial score (nSPS) is 26.0. The van der Waals surface area contributed by atoms with E-state index < -0.39 is 10.0 Å². The van der Waals surface area contributed by atoms with Crippen LogP contribution in [0.4, 0.5) is 0 Å². The minimum atomic E-state index is -3.07. The second kappa shape index (κ2) is 7.34. The summed E-state index contributed by atoms with van der Waals surface area (Å²) in [5, 5.41) is 8.86. The van der Waals surface area contributed by atoms with Gasteiger partial charge in [0.2, 0.25) is 10.0 Å². The van der Waals surface area contributed by atoms with Crippen LogP contribution in [0.2, 0.25) is 0 Å². The zero-order chi connectivity index (χ0) is 12.7. The van der Waals surface area contributed by atoms with Crippen LogP contribution in [-0.4, -0.2) is 31.9 Å². The van der Waals surface area contributed by atoms with Crippen LogP contribution in [0.1, 0.15) is 51.9 Å². The van der Waals surface area contributed by atoms with E-state index in [2.05, 4.69) is 4.72 Å². The van der Waals surface area contributed by atoms with Crippen molar-refractivity contribution in [1.29, 1.82) is 0 Å². The van der Waals surface area contributed by atoms with Crippen molar-refractivity contribution in [2.45, 2.75) is 57.9 Å². The summed E-state index contributed by atoms with van der Waals surface area (Å²) in [5.41, 5.74) is 0. The van der Waals surface area contributed by atoms with Crippen LogP contribution in [0.3, 0.4) is 0 Å². The first kappa shape index (κ1) is 14.9.